The van der Waals surface area contributed by atoms with E-state index in [1.54, 1.807) is 11.8 Å². The predicted molar refractivity (Wildman–Crippen MR) is 84.2 cm³/mol. The van der Waals surface area contributed by atoms with Crippen LogP contribution < -0.4 is 5.32 Å². The molecule has 1 N–H and O–H groups in total. The molecule has 2 fully saturated rings. The van der Waals surface area contributed by atoms with Gasteiger partial charge >= 0.3 is 0 Å². The fraction of sp³-hybridized carbons (Fsp3) is 0.857. The average molecular weight is 347 g/mol. The highest BCUT2D eigenvalue weighted by Crippen LogP contribution is 2.24. The molecular formula is C14H25N3O5S. The van der Waals surface area contributed by atoms with E-state index < -0.39 is 15.6 Å². The Morgan fingerprint density at radius 2 is 1.83 bits per heavy atom. The highest BCUT2D eigenvalue weighted by Gasteiger charge is 2.44. The first-order chi connectivity index (χ1) is 10.6. The minimum Gasteiger partial charge on any atom is -0.363 e. The minimum absolute atomic E-state index is 0.0380. The van der Waals surface area contributed by atoms with E-state index in [2.05, 4.69) is 5.32 Å². The summed E-state index contributed by atoms with van der Waals surface area (Å²) >= 11 is 0. The number of carbonyl (C=O) groups excluding carboxylic acids is 2. The number of piperidine rings is 1. The SMILES string of the molecule is CC(=O)NC1CCN(C(=O)[C@]2(C)CN(S(C)(=O)=O)CCO2)CC1. The Balaban J connectivity index is 1.98. The largest absolute Gasteiger partial charge is 0.363 e. The number of ether oxygens (including phenoxy) is 1. The highest BCUT2D eigenvalue weighted by atomic mass is 32.2. The molecule has 2 aliphatic heterocycles. The number of sulfonamides is 1. The molecule has 0 bridgehead atoms. The number of carbonyl (C=O) groups is 2. The van der Waals surface area contributed by atoms with E-state index in [4.69, 9.17) is 4.74 Å². The molecule has 0 radical (unpaired) electrons. The van der Waals surface area contributed by atoms with Crippen LogP contribution in [0.3, 0.4) is 0 Å². The molecule has 0 aromatic carbocycles. The molecule has 0 unspecified atom stereocenters. The molecule has 23 heavy (non-hydrogen) atoms. The van der Waals surface area contributed by atoms with E-state index >= 15 is 0 Å². The maximum Gasteiger partial charge on any atom is 0.255 e. The van der Waals surface area contributed by atoms with Crippen LogP contribution in [0.5, 0.6) is 0 Å². The van der Waals surface area contributed by atoms with Crippen LogP contribution in [0.25, 0.3) is 0 Å². The smallest absolute Gasteiger partial charge is 0.255 e. The Kier molecular flexibility index (Phi) is 5.32. The van der Waals surface area contributed by atoms with Gasteiger partial charge in [0.05, 0.1) is 19.4 Å². The van der Waals surface area contributed by atoms with Gasteiger partial charge in [0.1, 0.15) is 0 Å². The van der Waals surface area contributed by atoms with Gasteiger partial charge in [-0.05, 0) is 19.8 Å². The lowest BCUT2D eigenvalue weighted by Gasteiger charge is -2.42. The zero-order chi connectivity index (χ0) is 17.3. The molecule has 1 atom stereocenters. The Labute approximate surface area is 137 Å². The molecule has 0 saturated carbocycles. The molecule has 2 amide bonds. The molecule has 2 aliphatic rings. The lowest BCUT2D eigenvalue weighted by molar-refractivity contribution is -0.164. The van der Waals surface area contributed by atoms with Gasteiger partial charge in [0.15, 0.2) is 5.60 Å². The van der Waals surface area contributed by atoms with Crippen molar-refractivity contribution in [1.29, 1.82) is 0 Å². The van der Waals surface area contributed by atoms with Crippen molar-refractivity contribution in [3.8, 4) is 0 Å². The molecule has 2 heterocycles. The van der Waals surface area contributed by atoms with Crippen molar-refractivity contribution in [3.05, 3.63) is 0 Å². The Morgan fingerprint density at radius 1 is 1.22 bits per heavy atom. The van der Waals surface area contributed by atoms with Crippen molar-refractivity contribution >= 4 is 21.8 Å². The van der Waals surface area contributed by atoms with Crippen molar-refractivity contribution in [1.82, 2.24) is 14.5 Å². The van der Waals surface area contributed by atoms with E-state index in [1.807, 2.05) is 0 Å². The van der Waals surface area contributed by atoms with Crippen molar-refractivity contribution in [2.24, 2.45) is 0 Å². The van der Waals surface area contributed by atoms with Gasteiger partial charge in [-0.3, -0.25) is 9.59 Å². The van der Waals surface area contributed by atoms with Crippen molar-refractivity contribution < 1.29 is 22.7 Å². The zero-order valence-corrected chi connectivity index (χ0v) is 14.7. The van der Waals surface area contributed by atoms with E-state index in [0.29, 0.717) is 25.9 Å². The number of morpholine rings is 1. The van der Waals surface area contributed by atoms with Gasteiger partial charge in [0, 0.05) is 32.6 Å². The maximum absolute atomic E-state index is 12.8. The third kappa shape index (κ3) is 4.42. The first-order valence-electron chi connectivity index (χ1n) is 7.77. The Bertz CT molecular complexity index is 571. The number of hydrogen-bond acceptors (Lipinski definition) is 5. The molecular weight excluding hydrogens is 322 g/mol. The lowest BCUT2D eigenvalue weighted by Crippen LogP contribution is -2.61. The summed E-state index contributed by atoms with van der Waals surface area (Å²) < 4.78 is 30.4. The lowest BCUT2D eigenvalue weighted by atomic mass is 9.99. The molecule has 2 rings (SSSR count). The summed E-state index contributed by atoms with van der Waals surface area (Å²) in [5.41, 5.74) is -1.15. The molecule has 0 aromatic rings. The van der Waals surface area contributed by atoms with Crippen LogP contribution in [0, 0.1) is 0 Å². The van der Waals surface area contributed by atoms with Crippen molar-refractivity contribution in [3.63, 3.8) is 0 Å². The maximum atomic E-state index is 12.8. The van der Waals surface area contributed by atoms with Gasteiger partial charge in [-0.2, -0.15) is 4.31 Å². The van der Waals surface area contributed by atoms with Gasteiger partial charge in [-0.1, -0.05) is 0 Å². The van der Waals surface area contributed by atoms with Crippen LogP contribution in [-0.2, 0) is 24.3 Å². The number of nitrogens with zero attached hydrogens (tertiary/aromatic N) is 2. The fourth-order valence-electron chi connectivity index (χ4n) is 3.10. The second-order valence-corrected chi connectivity index (χ2v) is 8.43. The number of amides is 2. The Morgan fingerprint density at radius 3 is 2.35 bits per heavy atom. The summed E-state index contributed by atoms with van der Waals surface area (Å²) in [4.78, 5) is 25.5. The first-order valence-corrected chi connectivity index (χ1v) is 9.62. The topological polar surface area (TPSA) is 96.0 Å². The zero-order valence-electron chi connectivity index (χ0n) is 13.9. The molecule has 8 nitrogen and oxygen atoms in total. The third-order valence-electron chi connectivity index (χ3n) is 4.35. The molecule has 0 aromatic heterocycles. The van der Waals surface area contributed by atoms with E-state index in [-0.39, 0.29) is 37.6 Å². The fourth-order valence-corrected chi connectivity index (χ4v) is 3.98. The van der Waals surface area contributed by atoms with Gasteiger partial charge in [-0.25, -0.2) is 8.42 Å². The summed E-state index contributed by atoms with van der Waals surface area (Å²) in [5, 5.41) is 2.86. The van der Waals surface area contributed by atoms with Gasteiger partial charge in [-0.15, -0.1) is 0 Å². The van der Waals surface area contributed by atoms with Crippen LogP contribution in [0.15, 0.2) is 0 Å². The number of rotatable bonds is 3. The summed E-state index contributed by atoms with van der Waals surface area (Å²) in [6, 6.07) is 0.0872. The molecule has 0 aliphatic carbocycles. The number of hydrogen-bond donors (Lipinski definition) is 1. The van der Waals surface area contributed by atoms with E-state index in [1.165, 1.54) is 11.2 Å². The van der Waals surface area contributed by atoms with Gasteiger partial charge in [0.25, 0.3) is 5.91 Å². The second kappa shape index (κ2) is 6.74. The van der Waals surface area contributed by atoms with E-state index in [9.17, 15) is 18.0 Å². The molecule has 2 saturated heterocycles. The molecule has 0 spiro atoms. The predicted octanol–water partition coefficient (Wildman–Crippen LogP) is -0.836. The third-order valence-corrected chi connectivity index (χ3v) is 5.60. The molecule has 9 heteroatoms. The van der Waals surface area contributed by atoms with Gasteiger partial charge in [0.2, 0.25) is 15.9 Å². The van der Waals surface area contributed by atoms with Crippen LogP contribution >= 0.6 is 0 Å². The molecule has 132 valence electrons. The number of nitrogens with one attached hydrogen (secondary N) is 1. The normalized spacial score (nSPS) is 27.7. The summed E-state index contributed by atoms with van der Waals surface area (Å²) in [6.07, 6.45) is 2.52. The average Bonchev–Trinajstić information content (AvgIpc) is 2.46. The number of likely N-dealkylation sites (tertiary alicyclic amines) is 1. The minimum atomic E-state index is -3.35. The summed E-state index contributed by atoms with van der Waals surface area (Å²) in [6.45, 7) is 4.70. The first kappa shape index (κ1) is 18.2. The second-order valence-electron chi connectivity index (χ2n) is 6.44. The summed E-state index contributed by atoms with van der Waals surface area (Å²) in [7, 11) is -3.35. The van der Waals surface area contributed by atoms with Crippen LogP contribution in [0.4, 0.5) is 0 Å². The summed E-state index contributed by atoms with van der Waals surface area (Å²) in [5.74, 6) is -0.256. The van der Waals surface area contributed by atoms with Crippen molar-refractivity contribution in [2.75, 3.05) is 39.0 Å². The standard InChI is InChI=1S/C14H25N3O5S/c1-11(18)15-12-4-6-16(7-5-12)13(19)14(2)10-17(8-9-22-14)23(3,20)21/h12H,4-10H2,1-3H3,(H,15,18)/t14-/m0/s1. The highest BCUT2D eigenvalue weighted by molar-refractivity contribution is 7.88. The quantitative estimate of drug-likeness (QED) is 0.718. The Hall–Kier alpha value is -1.19. The van der Waals surface area contributed by atoms with Crippen molar-refractivity contribution in [2.45, 2.75) is 38.3 Å². The van der Waals surface area contributed by atoms with Crippen LogP contribution in [0.2, 0.25) is 0 Å². The van der Waals surface area contributed by atoms with Gasteiger partial charge < -0.3 is 15.0 Å². The monoisotopic (exact) mass is 347 g/mol. The van der Waals surface area contributed by atoms with Crippen LogP contribution in [-0.4, -0.2) is 80.1 Å². The van der Waals surface area contributed by atoms with Crippen LogP contribution in [0.1, 0.15) is 26.7 Å². The van der Waals surface area contributed by atoms with E-state index in [0.717, 1.165) is 6.26 Å².